The van der Waals surface area contributed by atoms with Crippen molar-refractivity contribution in [3.05, 3.63) is 77.9 Å². The molecule has 0 heterocycles. The summed E-state index contributed by atoms with van der Waals surface area (Å²) in [6.45, 7) is 0.614. The van der Waals surface area contributed by atoms with E-state index in [1.807, 2.05) is 24.3 Å². The lowest BCUT2D eigenvalue weighted by molar-refractivity contribution is -0.136. The molecule has 1 N–H and O–H groups in total. The number of hydrogen-bond donors (Lipinski definition) is 1. The van der Waals surface area contributed by atoms with Gasteiger partial charge in [0.1, 0.15) is 5.75 Å². The van der Waals surface area contributed by atoms with E-state index in [1.54, 1.807) is 0 Å². The normalized spacial score (nSPS) is 10.7. The number of benzene rings is 3. The fraction of sp³-hybridized carbons (Fsp3) is 0.190. The SMILES string of the molecule is O=C(O)CCc1ccc(OCCc2cccc3ccccc23)cc1. The first-order chi connectivity index (χ1) is 11.7. The monoisotopic (exact) mass is 320 g/mol. The first-order valence-corrected chi connectivity index (χ1v) is 8.12. The third-order valence-corrected chi connectivity index (χ3v) is 4.07. The lowest BCUT2D eigenvalue weighted by Crippen LogP contribution is -2.02. The van der Waals surface area contributed by atoms with Gasteiger partial charge in [-0.25, -0.2) is 0 Å². The summed E-state index contributed by atoms with van der Waals surface area (Å²) in [4.78, 5) is 10.6. The fourth-order valence-corrected chi connectivity index (χ4v) is 2.79. The minimum absolute atomic E-state index is 0.154. The minimum Gasteiger partial charge on any atom is -0.493 e. The Hall–Kier alpha value is -2.81. The zero-order valence-corrected chi connectivity index (χ0v) is 13.4. The maximum absolute atomic E-state index is 10.6. The minimum atomic E-state index is -0.773. The van der Waals surface area contributed by atoms with E-state index in [0.29, 0.717) is 13.0 Å². The van der Waals surface area contributed by atoms with Crippen LogP contribution in [0.4, 0.5) is 0 Å². The van der Waals surface area contributed by atoms with Crippen LogP contribution in [-0.2, 0) is 17.6 Å². The largest absolute Gasteiger partial charge is 0.493 e. The molecule has 3 rings (SSSR count). The lowest BCUT2D eigenvalue weighted by atomic mass is 10.0. The quantitative estimate of drug-likeness (QED) is 0.698. The molecule has 0 saturated heterocycles. The van der Waals surface area contributed by atoms with Gasteiger partial charge in [-0.1, -0.05) is 54.6 Å². The summed E-state index contributed by atoms with van der Waals surface area (Å²) in [5, 5.41) is 11.2. The maximum atomic E-state index is 10.6. The third-order valence-electron chi connectivity index (χ3n) is 4.07. The number of hydrogen-bond acceptors (Lipinski definition) is 2. The van der Waals surface area contributed by atoms with Gasteiger partial charge >= 0.3 is 5.97 Å². The molecule has 3 heteroatoms. The van der Waals surface area contributed by atoms with E-state index in [9.17, 15) is 4.79 Å². The van der Waals surface area contributed by atoms with E-state index >= 15 is 0 Å². The molecule has 24 heavy (non-hydrogen) atoms. The van der Waals surface area contributed by atoms with Crippen LogP contribution in [-0.4, -0.2) is 17.7 Å². The molecule has 0 aliphatic carbocycles. The third kappa shape index (κ3) is 4.13. The number of aliphatic carboxylic acids is 1. The second kappa shape index (κ2) is 7.64. The van der Waals surface area contributed by atoms with Crippen LogP contribution in [0.2, 0.25) is 0 Å². The average Bonchev–Trinajstić information content (AvgIpc) is 2.61. The molecular formula is C21H20O3. The van der Waals surface area contributed by atoms with Crippen LogP contribution in [0.5, 0.6) is 5.75 Å². The van der Waals surface area contributed by atoms with Gasteiger partial charge in [-0.2, -0.15) is 0 Å². The zero-order chi connectivity index (χ0) is 16.8. The predicted octanol–water partition coefficient (Wildman–Crippen LogP) is 4.48. The Bertz CT molecular complexity index is 817. The highest BCUT2D eigenvalue weighted by Crippen LogP contribution is 2.19. The second-order valence-electron chi connectivity index (χ2n) is 5.77. The number of fused-ring (bicyclic) bond motifs is 1. The maximum Gasteiger partial charge on any atom is 0.303 e. The van der Waals surface area contributed by atoms with Crippen LogP contribution in [0.25, 0.3) is 10.8 Å². The van der Waals surface area contributed by atoms with Crippen molar-refractivity contribution in [1.29, 1.82) is 0 Å². The Balaban J connectivity index is 1.57. The number of carboxylic acids is 1. The van der Waals surface area contributed by atoms with E-state index in [0.717, 1.165) is 17.7 Å². The summed E-state index contributed by atoms with van der Waals surface area (Å²) in [6.07, 6.45) is 1.55. The van der Waals surface area contributed by atoms with Gasteiger partial charge in [0, 0.05) is 12.8 Å². The number of carboxylic acid groups (broad SMARTS) is 1. The molecule has 3 aromatic rings. The van der Waals surface area contributed by atoms with E-state index < -0.39 is 5.97 Å². The van der Waals surface area contributed by atoms with Crippen molar-refractivity contribution in [3.63, 3.8) is 0 Å². The van der Waals surface area contributed by atoms with Crippen LogP contribution < -0.4 is 4.74 Å². The standard InChI is InChI=1S/C21H20O3/c22-21(23)13-10-16-8-11-19(12-9-16)24-15-14-18-6-3-5-17-4-1-2-7-20(17)18/h1-9,11-12H,10,13-15H2,(H,22,23). The molecule has 0 fully saturated rings. The van der Waals surface area contributed by atoms with Gasteiger partial charge in [0.05, 0.1) is 6.61 Å². The average molecular weight is 320 g/mol. The molecular weight excluding hydrogens is 300 g/mol. The molecule has 0 aliphatic heterocycles. The van der Waals surface area contributed by atoms with E-state index in [-0.39, 0.29) is 6.42 Å². The Kier molecular flexibility index (Phi) is 5.12. The molecule has 3 aromatic carbocycles. The van der Waals surface area contributed by atoms with Crippen LogP contribution in [0.1, 0.15) is 17.5 Å². The molecule has 0 saturated carbocycles. The van der Waals surface area contributed by atoms with Crippen LogP contribution in [0.15, 0.2) is 66.7 Å². The topological polar surface area (TPSA) is 46.5 Å². The molecule has 122 valence electrons. The molecule has 0 spiro atoms. The van der Waals surface area contributed by atoms with Gasteiger partial charge in [-0.15, -0.1) is 0 Å². The van der Waals surface area contributed by atoms with Crippen LogP contribution in [0, 0.1) is 0 Å². The zero-order valence-electron chi connectivity index (χ0n) is 13.4. The van der Waals surface area contributed by atoms with E-state index in [2.05, 4.69) is 42.5 Å². The number of carbonyl (C=O) groups is 1. The van der Waals surface area contributed by atoms with Gasteiger partial charge in [0.25, 0.3) is 0 Å². The molecule has 3 nitrogen and oxygen atoms in total. The Morgan fingerprint density at radius 3 is 2.42 bits per heavy atom. The predicted molar refractivity (Wildman–Crippen MR) is 95.5 cm³/mol. The highest BCUT2D eigenvalue weighted by Gasteiger charge is 2.02. The molecule has 0 aliphatic rings. The summed E-state index contributed by atoms with van der Waals surface area (Å²) >= 11 is 0. The first-order valence-electron chi connectivity index (χ1n) is 8.12. The summed E-state index contributed by atoms with van der Waals surface area (Å²) in [6, 6.07) is 22.4. The molecule has 0 amide bonds. The van der Waals surface area contributed by atoms with Crippen molar-refractivity contribution in [3.8, 4) is 5.75 Å². The van der Waals surface area contributed by atoms with Crippen molar-refractivity contribution in [2.45, 2.75) is 19.3 Å². The summed E-state index contributed by atoms with van der Waals surface area (Å²) in [7, 11) is 0. The van der Waals surface area contributed by atoms with Gasteiger partial charge in [0.2, 0.25) is 0 Å². The van der Waals surface area contributed by atoms with E-state index in [1.165, 1.54) is 16.3 Å². The first kappa shape index (κ1) is 16.1. The van der Waals surface area contributed by atoms with Crippen molar-refractivity contribution >= 4 is 16.7 Å². The van der Waals surface area contributed by atoms with Gasteiger partial charge in [-0.3, -0.25) is 4.79 Å². The number of ether oxygens (including phenoxy) is 1. The Morgan fingerprint density at radius 2 is 1.62 bits per heavy atom. The van der Waals surface area contributed by atoms with Crippen molar-refractivity contribution in [2.24, 2.45) is 0 Å². The highest BCUT2D eigenvalue weighted by molar-refractivity contribution is 5.85. The van der Waals surface area contributed by atoms with Crippen molar-refractivity contribution in [2.75, 3.05) is 6.61 Å². The molecule has 0 bridgehead atoms. The molecule has 0 atom stereocenters. The number of aryl methyl sites for hydroxylation is 1. The molecule has 0 unspecified atom stereocenters. The van der Waals surface area contributed by atoms with Gasteiger partial charge < -0.3 is 9.84 Å². The summed E-state index contributed by atoms with van der Waals surface area (Å²) in [5.41, 5.74) is 2.30. The Morgan fingerprint density at radius 1 is 0.875 bits per heavy atom. The van der Waals surface area contributed by atoms with E-state index in [4.69, 9.17) is 9.84 Å². The summed E-state index contributed by atoms with van der Waals surface area (Å²) < 4.78 is 5.82. The van der Waals surface area contributed by atoms with Crippen molar-refractivity contribution < 1.29 is 14.6 Å². The second-order valence-corrected chi connectivity index (χ2v) is 5.77. The van der Waals surface area contributed by atoms with Crippen molar-refractivity contribution in [1.82, 2.24) is 0 Å². The summed E-state index contributed by atoms with van der Waals surface area (Å²) in [5.74, 6) is 0.0414. The lowest BCUT2D eigenvalue weighted by Gasteiger charge is -2.09. The molecule has 0 aromatic heterocycles. The number of rotatable bonds is 7. The smallest absolute Gasteiger partial charge is 0.303 e. The highest BCUT2D eigenvalue weighted by atomic mass is 16.5. The van der Waals surface area contributed by atoms with Gasteiger partial charge in [0.15, 0.2) is 0 Å². The van der Waals surface area contributed by atoms with Crippen LogP contribution in [0.3, 0.4) is 0 Å². The fourth-order valence-electron chi connectivity index (χ4n) is 2.79. The molecule has 0 radical (unpaired) electrons. The van der Waals surface area contributed by atoms with Crippen LogP contribution >= 0.6 is 0 Å². The van der Waals surface area contributed by atoms with Gasteiger partial charge in [-0.05, 0) is 40.5 Å². The Labute approximate surface area is 141 Å².